The number of carbonyl (C=O) groups excluding carboxylic acids is 1. The third-order valence-electron chi connectivity index (χ3n) is 3.64. The summed E-state index contributed by atoms with van der Waals surface area (Å²) in [7, 11) is 1.66. The maximum absolute atomic E-state index is 11.9. The molecule has 2 aromatic carbocycles. The standard InChI is InChI=1S/C17H18N4O2/c1-23-16-5-4-14-8-13(2-3-15(14)9-16)10-19-17(22)6-7-21-12-18-11-20-21/h2-5,8-9,11-12H,6-7,10H2,1H3,(H,19,22). The maximum Gasteiger partial charge on any atom is 0.222 e. The zero-order chi connectivity index (χ0) is 16.1. The van der Waals surface area contributed by atoms with Crippen LogP contribution >= 0.6 is 0 Å². The van der Waals surface area contributed by atoms with Gasteiger partial charge in [0.1, 0.15) is 18.4 Å². The van der Waals surface area contributed by atoms with Crippen molar-refractivity contribution in [2.24, 2.45) is 0 Å². The van der Waals surface area contributed by atoms with Crippen LogP contribution in [0.2, 0.25) is 0 Å². The Balaban J connectivity index is 1.57. The van der Waals surface area contributed by atoms with Gasteiger partial charge >= 0.3 is 0 Å². The first-order chi connectivity index (χ1) is 11.2. The van der Waals surface area contributed by atoms with E-state index in [2.05, 4.69) is 21.5 Å². The van der Waals surface area contributed by atoms with E-state index in [1.54, 1.807) is 18.1 Å². The molecule has 0 unspecified atom stereocenters. The Morgan fingerprint density at radius 2 is 2.04 bits per heavy atom. The molecule has 0 fully saturated rings. The second-order valence-corrected chi connectivity index (χ2v) is 5.23. The van der Waals surface area contributed by atoms with Crippen molar-refractivity contribution in [2.45, 2.75) is 19.5 Å². The number of hydrogen-bond donors (Lipinski definition) is 1. The molecule has 0 aliphatic rings. The van der Waals surface area contributed by atoms with Crippen molar-refractivity contribution < 1.29 is 9.53 Å². The Labute approximate surface area is 134 Å². The third-order valence-corrected chi connectivity index (χ3v) is 3.64. The predicted molar refractivity (Wildman–Crippen MR) is 87.0 cm³/mol. The molecule has 3 rings (SSSR count). The molecular formula is C17H18N4O2. The summed E-state index contributed by atoms with van der Waals surface area (Å²) in [5, 5.41) is 9.14. The van der Waals surface area contributed by atoms with Crippen LogP contribution < -0.4 is 10.1 Å². The fraction of sp³-hybridized carbons (Fsp3) is 0.235. The van der Waals surface area contributed by atoms with Gasteiger partial charge in [-0.1, -0.05) is 18.2 Å². The molecule has 0 aliphatic heterocycles. The first-order valence-electron chi connectivity index (χ1n) is 7.40. The second kappa shape index (κ2) is 6.91. The molecule has 6 heteroatoms. The fourth-order valence-electron chi connectivity index (χ4n) is 2.36. The molecule has 0 spiro atoms. The number of rotatable bonds is 6. The Morgan fingerprint density at radius 1 is 1.22 bits per heavy atom. The molecule has 1 N–H and O–H groups in total. The lowest BCUT2D eigenvalue weighted by atomic mass is 10.1. The first-order valence-corrected chi connectivity index (χ1v) is 7.40. The van der Waals surface area contributed by atoms with Crippen molar-refractivity contribution in [3.63, 3.8) is 0 Å². The van der Waals surface area contributed by atoms with Crippen LogP contribution in [0.5, 0.6) is 5.75 Å². The smallest absolute Gasteiger partial charge is 0.222 e. The van der Waals surface area contributed by atoms with Crippen LogP contribution in [-0.2, 0) is 17.9 Å². The van der Waals surface area contributed by atoms with Crippen LogP contribution in [-0.4, -0.2) is 27.8 Å². The van der Waals surface area contributed by atoms with Crippen LogP contribution in [0.3, 0.4) is 0 Å². The summed E-state index contributed by atoms with van der Waals surface area (Å²) in [5.41, 5.74) is 1.07. The van der Waals surface area contributed by atoms with Gasteiger partial charge in [0.05, 0.1) is 13.7 Å². The van der Waals surface area contributed by atoms with Crippen LogP contribution in [0.25, 0.3) is 10.8 Å². The summed E-state index contributed by atoms with van der Waals surface area (Å²) in [5.74, 6) is 0.835. The zero-order valence-corrected chi connectivity index (χ0v) is 12.9. The molecular weight excluding hydrogens is 292 g/mol. The minimum absolute atomic E-state index is 0.00433. The number of ether oxygens (including phenoxy) is 1. The molecule has 6 nitrogen and oxygen atoms in total. The average Bonchev–Trinajstić information content (AvgIpc) is 3.11. The van der Waals surface area contributed by atoms with E-state index < -0.39 is 0 Å². The van der Waals surface area contributed by atoms with E-state index in [9.17, 15) is 4.79 Å². The van der Waals surface area contributed by atoms with Crippen molar-refractivity contribution in [3.05, 3.63) is 54.6 Å². The normalized spacial score (nSPS) is 10.7. The van der Waals surface area contributed by atoms with Gasteiger partial charge in [-0.05, 0) is 34.5 Å². The summed E-state index contributed by atoms with van der Waals surface area (Å²) < 4.78 is 6.86. The van der Waals surface area contributed by atoms with Crippen LogP contribution in [0.15, 0.2) is 49.1 Å². The summed E-state index contributed by atoms with van der Waals surface area (Å²) in [6.07, 6.45) is 3.45. The number of nitrogens with zero attached hydrogens (tertiary/aromatic N) is 3. The predicted octanol–water partition coefficient (Wildman–Crippen LogP) is 2.15. The lowest BCUT2D eigenvalue weighted by Crippen LogP contribution is -2.24. The number of aromatic nitrogens is 3. The van der Waals surface area contributed by atoms with Crippen LogP contribution in [0, 0.1) is 0 Å². The van der Waals surface area contributed by atoms with Crippen molar-refractivity contribution in [1.29, 1.82) is 0 Å². The van der Waals surface area contributed by atoms with E-state index in [4.69, 9.17) is 4.74 Å². The van der Waals surface area contributed by atoms with Gasteiger partial charge in [-0.3, -0.25) is 9.48 Å². The van der Waals surface area contributed by atoms with Gasteiger partial charge < -0.3 is 10.1 Å². The highest BCUT2D eigenvalue weighted by Gasteiger charge is 2.04. The van der Waals surface area contributed by atoms with Crippen LogP contribution in [0.1, 0.15) is 12.0 Å². The van der Waals surface area contributed by atoms with Crippen LogP contribution in [0.4, 0.5) is 0 Å². The Hall–Kier alpha value is -2.89. The molecule has 1 amide bonds. The fourth-order valence-corrected chi connectivity index (χ4v) is 2.36. The molecule has 0 saturated heterocycles. The molecule has 0 radical (unpaired) electrons. The molecule has 118 valence electrons. The van der Waals surface area contributed by atoms with Crippen molar-refractivity contribution in [2.75, 3.05) is 7.11 Å². The van der Waals surface area contributed by atoms with E-state index in [0.29, 0.717) is 19.5 Å². The first kappa shape index (κ1) is 15.0. The van der Waals surface area contributed by atoms with E-state index in [0.717, 1.165) is 22.1 Å². The summed E-state index contributed by atoms with van der Waals surface area (Å²) >= 11 is 0. The van der Waals surface area contributed by atoms with E-state index in [-0.39, 0.29) is 5.91 Å². The SMILES string of the molecule is COc1ccc2cc(CNC(=O)CCn3cncn3)ccc2c1. The highest BCUT2D eigenvalue weighted by molar-refractivity contribution is 5.84. The van der Waals surface area contributed by atoms with Gasteiger partial charge in [0.25, 0.3) is 0 Å². The van der Waals surface area contributed by atoms with Gasteiger partial charge in [0, 0.05) is 13.0 Å². The van der Waals surface area contributed by atoms with Gasteiger partial charge in [-0.25, -0.2) is 4.98 Å². The number of benzene rings is 2. The summed E-state index contributed by atoms with van der Waals surface area (Å²) in [6, 6.07) is 12.1. The summed E-state index contributed by atoms with van der Waals surface area (Å²) in [4.78, 5) is 15.7. The number of fused-ring (bicyclic) bond motifs is 1. The number of carbonyl (C=O) groups is 1. The highest BCUT2D eigenvalue weighted by atomic mass is 16.5. The number of nitrogens with one attached hydrogen (secondary N) is 1. The third kappa shape index (κ3) is 3.85. The molecule has 23 heavy (non-hydrogen) atoms. The second-order valence-electron chi connectivity index (χ2n) is 5.23. The largest absolute Gasteiger partial charge is 0.497 e. The Morgan fingerprint density at radius 3 is 2.83 bits per heavy atom. The Bertz CT molecular complexity index is 799. The zero-order valence-electron chi connectivity index (χ0n) is 12.9. The molecule has 0 aliphatic carbocycles. The molecule has 0 saturated carbocycles. The lowest BCUT2D eigenvalue weighted by molar-refractivity contribution is -0.121. The maximum atomic E-state index is 11.9. The monoisotopic (exact) mass is 310 g/mol. The number of hydrogen-bond acceptors (Lipinski definition) is 4. The summed E-state index contributed by atoms with van der Waals surface area (Å²) in [6.45, 7) is 1.04. The van der Waals surface area contributed by atoms with Crippen molar-refractivity contribution >= 4 is 16.7 Å². The van der Waals surface area contributed by atoms with Gasteiger partial charge in [0.2, 0.25) is 5.91 Å². The highest BCUT2D eigenvalue weighted by Crippen LogP contribution is 2.21. The molecule has 0 atom stereocenters. The minimum Gasteiger partial charge on any atom is -0.497 e. The average molecular weight is 310 g/mol. The van der Waals surface area contributed by atoms with Gasteiger partial charge in [0.15, 0.2) is 0 Å². The van der Waals surface area contributed by atoms with Crippen molar-refractivity contribution in [1.82, 2.24) is 20.1 Å². The van der Waals surface area contributed by atoms with E-state index in [1.807, 2.05) is 30.3 Å². The molecule has 0 bridgehead atoms. The van der Waals surface area contributed by atoms with E-state index in [1.165, 1.54) is 6.33 Å². The molecule has 1 aromatic heterocycles. The van der Waals surface area contributed by atoms with Gasteiger partial charge in [-0.2, -0.15) is 5.10 Å². The minimum atomic E-state index is -0.00433. The van der Waals surface area contributed by atoms with Gasteiger partial charge in [-0.15, -0.1) is 0 Å². The lowest BCUT2D eigenvalue weighted by Gasteiger charge is -2.08. The number of amides is 1. The number of aryl methyl sites for hydroxylation is 1. The van der Waals surface area contributed by atoms with E-state index >= 15 is 0 Å². The quantitative estimate of drug-likeness (QED) is 0.757. The Kier molecular flexibility index (Phi) is 4.52. The molecule has 1 heterocycles. The van der Waals surface area contributed by atoms with Crippen molar-refractivity contribution in [3.8, 4) is 5.75 Å². The topological polar surface area (TPSA) is 69.0 Å². The number of methoxy groups -OCH3 is 1. The molecule has 3 aromatic rings.